The van der Waals surface area contributed by atoms with Crippen LogP contribution >= 0.6 is 23.1 Å². The van der Waals surface area contributed by atoms with Crippen molar-refractivity contribution >= 4 is 44.9 Å². The molecule has 0 fully saturated rings. The Kier molecular flexibility index (Phi) is 8.52. The van der Waals surface area contributed by atoms with Crippen molar-refractivity contribution in [1.29, 1.82) is 0 Å². The van der Waals surface area contributed by atoms with Gasteiger partial charge in [-0.05, 0) is 48.9 Å². The van der Waals surface area contributed by atoms with E-state index in [-0.39, 0.29) is 23.8 Å². The number of ether oxygens (including phenoxy) is 3. The number of hydrogen-bond donors (Lipinski definition) is 1. The number of carbonyl (C=O) groups is 1. The monoisotopic (exact) mass is 537 g/mol. The average molecular weight is 538 g/mol. The number of thiophene rings is 1. The molecule has 0 radical (unpaired) electrons. The molecule has 0 aliphatic heterocycles. The Labute approximate surface area is 222 Å². The van der Waals surface area contributed by atoms with Crippen LogP contribution in [0.5, 0.6) is 17.2 Å². The summed E-state index contributed by atoms with van der Waals surface area (Å²) in [6.45, 7) is 6.54. The zero-order valence-corrected chi connectivity index (χ0v) is 22.4. The Bertz CT molecular complexity index is 1480. The second-order valence-electron chi connectivity index (χ2n) is 7.79. The van der Waals surface area contributed by atoms with Gasteiger partial charge in [0.15, 0.2) is 16.7 Å². The van der Waals surface area contributed by atoms with Crippen molar-refractivity contribution in [3.63, 3.8) is 0 Å². The molecule has 0 aliphatic rings. The van der Waals surface area contributed by atoms with Crippen LogP contribution in [0.4, 0.5) is 5.69 Å². The van der Waals surface area contributed by atoms with Crippen LogP contribution in [-0.2, 0) is 11.3 Å². The number of amides is 1. The molecule has 1 N–H and O–H groups in total. The minimum atomic E-state index is -0.203. The van der Waals surface area contributed by atoms with Crippen molar-refractivity contribution < 1.29 is 19.0 Å². The summed E-state index contributed by atoms with van der Waals surface area (Å²) < 4.78 is 17.7. The number of fused-ring (bicyclic) bond motifs is 1. The lowest BCUT2D eigenvalue weighted by molar-refractivity contribution is -0.113. The number of allylic oxidation sites excluding steroid dienone is 1. The van der Waals surface area contributed by atoms with Gasteiger partial charge in [0.05, 0.1) is 32.0 Å². The number of carbonyl (C=O) groups excluding carboxylic acids is 1. The lowest BCUT2D eigenvalue weighted by Gasteiger charge is -2.12. The third-order valence-electron chi connectivity index (χ3n) is 5.45. The quantitative estimate of drug-likeness (QED) is 0.154. The maximum absolute atomic E-state index is 13.6. The second kappa shape index (κ2) is 12.0. The van der Waals surface area contributed by atoms with E-state index in [0.717, 1.165) is 16.9 Å². The molecule has 4 rings (SSSR count). The van der Waals surface area contributed by atoms with E-state index in [1.807, 2.05) is 24.4 Å². The lowest BCUT2D eigenvalue weighted by atomic mass is 10.1. The molecule has 0 bridgehead atoms. The predicted octanol–water partition coefficient (Wildman–Crippen LogP) is 5.46. The molecule has 4 aromatic rings. The van der Waals surface area contributed by atoms with Crippen LogP contribution in [0, 0.1) is 0 Å². The molecule has 1 amide bonds. The summed E-state index contributed by atoms with van der Waals surface area (Å²) in [7, 11) is 3.15. The molecule has 0 saturated carbocycles. The molecule has 192 valence electrons. The third kappa shape index (κ3) is 5.81. The fourth-order valence-electron chi connectivity index (χ4n) is 3.75. The molecule has 2 heterocycles. The van der Waals surface area contributed by atoms with Gasteiger partial charge in [0.25, 0.3) is 5.56 Å². The average Bonchev–Trinajstić information content (AvgIpc) is 3.34. The number of methoxy groups -OCH3 is 2. The summed E-state index contributed by atoms with van der Waals surface area (Å²) >= 11 is 2.59. The van der Waals surface area contributed by atoms with Gasteiger partial charge in [-0.1, -0.05) is 23.9 Å². The van der Waals surface area contributed by atoms with E-state index in [9.17, 15) is 9.59 Å². The Morgan fingerprint density at radius 3 is 2.59 bits per heavy atom. The van der Waals surface area contributed by atoms with E-state index in [1.54, 1.807) is 55.2 Å². The number of nitrogens with one attached hydrogen (secondary N) is 1. The van der Waals surface area contributed by atoms with Gasteiger partial charge in [-0.15, -0.1) is 17.9 Å². The van der Waals surface area contributed by atoms with Gasteiger partial charge in [0.1, 0.15) is 10.6 Å². The highest BCUT2D eigenvalue weighted by atomic mass is 32.2. The van der Waals surface area contributed by atoms with Crippen molar-refractivity contribution in [2.45, 2.75) is 18.6 Å². The Morgan fingerprint density at radius 2 is 1.92 bits per heavy atom. The van der Waals surface area contributed by atoms with Gasteiger partial charge < -0.3 is 19.5 Å². The zero-order chi connectivity index (χ0) is 26.4. The van der Waals surface area contributed by atoms with Crippen molar-refractivity contribution in [3.8, 4) is 28.4 Å². The number of nitrogens with zero attached hydrogens (tertiary/aromatic N) is 2. The molecular formula is C27H27N3O5S2. The Balaban J connectivity index is 1.60. The first-order valence-corrected chi connectivity index (χ1v) is 13.4. The summed E-state index contributed by atoms with van der Waals surface area (Å²) in [5, 5.41) is 5.74. The number of benzene rings is 2. The van der Waals surface area contributed by atoms with Gasteiger partial charge in [0.2, 0.25) is 5.91 Å². The Morgan fingerprint density at radius 1 is 1.16 bits per heavy atom. The van der Waals surface area contributed by atoms with E-state index >= 15 is 0 Å². The third-order valence-corrected chi connectivity index (χ3v) is 7.30. The topological polar surface area (TPSA) is 91.7 Å². The molecule has 0 spiro atoms. The van der Waals surface area contributed by atoms with Crippen molar-refractivity contribution in [2.24, 2.45) is 0 Å². The molecule has 2 aromatic carbocycles. The minimum Gasteiger partial charge on any atom is -0.494 e. The van der Waals surface area contributed by atoms with Crippen LogP contribution in [-0.4, -0.2) is 42.0 Å². The predicted molar refractivity (Wildman–Crippen MR) is 150 cm³/mol. The smallest absolute Gasteiger partial charge is 0.263 e. The van der Waals surface area contributed by atoms with E-state index in [4.69, 9.17) is 19.2 Å². The standard InChI is InChI=1S/C27H27N3O5S2/c1-5-13-30-26(32)24-20(17-7-12-21(33-3)22(14-17)34-4)15-36-25(24)29-27(30)37-16-23(31)28-18-8-10-19(11-9-18)35-6-2/h5,7-12,14-15H,1,6,13,16H2,2-4H3,(H,28,31). The number of rotatable bonds is 11. The molecule has 37 heavy (non-hydrogen) atoms. The van der Waals surface area contributed by atoms with Gasteiger partial charge in [-0.2, -0.15) is 0 Å². The van der Waals surface area contributed by atoms with Crippen LogP contribution in [0.15, 0.2) is 70.5 Å². The number of aromatic nitrogens is 2. The highest BCUT2D eigenvalue weighted by molar-refractivity contribution is 7.99. The highest BCUT2D eigenvalue weighted by Crippen LogP contribution is 2.37. The first-order chi connectivity index (χ1) is 18.0. The minimum absolute atomic E-state index is 0.0935. The van der Waals surface area contributed by atoms with Gasteiger partial charge in [0, 0.05) is 23.2 Å². The maximum Gasteiger partial charge on any atom is 0.263 e. The van der Waals surface area contributed by atoms with Crippen LogP contribution in [0.1, 0.15) is 6.92 Å². The summed E-state index contributed by atoms with van der Waals surface area (Å²) in [6, 6.07) is 12.7. The van der Waals surface area contributed by atoms with Gasteiger partial charge >= 0.3 is 0 Å². The number of hydrogen-bond acceptors (Lipinski definition) is 8. The van der Waals surface area contributed by atoms with Gasteiger partial charge in [-0.3, -0.25) is 14.2 Å². The number of anilines is 1. The van der Waals surface area contributed by atoms with E-state index < -0.39 is 0 Å². The summed E-state index contributed by atoms with van der Waals surface area (Å²) in [6.07, 6.45) is 1.64. The molecule has 8 nitrogen and oxygen atoms in total. The first kappa shape index (κ1) is 26.3. The molecule has 0 atom stereocenters. The molecule has 0 saturated heterocycles. The fraction of sp³-hybridized carbons (Fsp3) is 0.222. The summed E-state index contributed by atoms with van der Waals surface area (Å²) in [5.41, 5.74) is 2.06. The lowest BCUT2D eigenvalue weighted by Crippen LogP contribution is -2.23. The van der Waals surface area contributed by atoms with E-state index in [0.29, 0.717) is 39.2 Å². The largest absolute Gasteiger partial charge is 0.494 e. The first-order valence-electron chi connectivity index (χ1n) is 11.5. The van der Waals surface area contributed by atoms with Crippen molar-refractivity contribution in [3.05, 3.63) is 70.9 Å². The second-order valence-corrected chi connectivity index (χ2v) is 9.59. The molecule has 0 unspecified atom stereocenters. The van der Waals surface area contributed by atoms with Gasteiger partial charge in [-0.25, -0.2) is 4.98 Å². The van der Waals surface area contributed by atoms with Crippen molar-refractivity contribution in [2.75, 3.05) is 31.9 Å². The normalized spacial score (nSPS) is 10.8. The van der Waals surface area contributed by atoms with Crippen LogP contribution in [0.25, 0.3) is 21.3 Å². The number of thioether (sulfide) groups is 1. The summed E-state index contributed by atoms with van der Waals surface area (Å²) in [4.78, 5) is 31.5. The molecule has 0 aliphatic carbocycles. The highest BCUT2D eigenvalue weighted by Gasteiger charge is 2.19. The SMILES string of the molecule is C=CCn1c(SCC(=O)Nc2ccc(OCC)cc2)nc2scc(-c3ccc(OC)c(OC)c3)c2c1=O. The van der Waals surface area contributed by atoms with Crippen LogP contribution in [0.2, 0.25) is 0 Å². The molecular weight excluding hydrogens is 510 g/mol. The summed E-state index contributed by atoms with van der Waals surface area (Å²) in [5.74, 6) is 1.81. The maximum atomic E-state index is 13.6. The molecule has 2 aromatic heterocycles. The van der Waals surface area contributed by atoms with Crippen LogP contribution in [0.3, 0.4) is 0 Å². The van der Waals surface area contributed by atoms with Crippen molar-refractivity contribution in [1.82, 2.24) is 9.55 Å². The van der Waals surface area contributed by atoms with Crippen LogP contribution < -0.4 is 25.1 Å². The van der Waals surface area contributed by atoms with E-state index in [2.05, 4.69) is 11.9 Å². The zero-order valence-electron chi connectivity index (χ0n) is 20.8. The van der Waals surface area contributed by atoms with E-state index in [1.165, 1.54) is 23.1 Å². The fourth-order valence-corrected chi connectivity index (χ4v) is 5.55. The Hall–Kier alpha value is -3.76. The molecule has 10 heteroatoms.